The van der Waals surface area contributed by atoms with Crippen molar-refractivity contribution in [3.8, 4) is 0 Å². The number of rotatable bonds is 2. The van der Waals surface area contributed by atoms with E-state index in [1.54, 1.807) is 42.7 Å². The van der Waals surface area contributed by atoms with Crippen molar-refractivity contribution in [2.45, 2.75) is 5.79 Å². The first-order valence-corrected chi connectivity index (χ1v) is 8.77. The minimum atomic E-state index is -0.879. The van der Waals surface area contributed by atoms with E-state index < -0.39 is 11.8 Å². The predicted molar refractivity (Wildman–Crippen MR) is 103 cm³/mol. The van der Waals surface area contributed by atoms with Gasteiger partial charge in [0, 0.05) is 31.0 Å². The fraction of sp³-hybridized carbons (Fsp3) is 0.167. The van der Waals surface area contributed by atoms with Crippen molar-refractivity contribution in [2.75, 3.05) is 13.1 Å². The number of fused-ring (bicyclic) bond motifs is 1. The highest BCUT2D eigenvalue weighted by Gasteiger charge is 2.32. The van der Waals surface area contributed by atoms with Crippen LogP contribution in [0.15, 0.2) is 59.3 Å². The first-order valence-electron chi connectivity index (χ1n) is 7.98. The zero-order chi connectivity index (χ0) is 18.6. The number of benzene rings is 2. The molecular formula is C18H18BrN5O2. The first kappa shape index (κ1) is 18.4. The monoisotopic (exact) mass is 415 g/mol. The molecule has 2 aromatic carbocycles. The van der Waals surface area contributed by atoms with Gasteiger partial charge in [0.2, 0.25) is 0 Å². The maximum Gasteiger partial charge on any atom is 0.335 e. The standard InChI is InChI=1S/C11H12BrN5.C7H6O2/c12-9-7(11(13)16-5-6-17-11)1-2-8-10(9)15-4-3-14-8;8-7(9)6-4-2-1-3-5-6/h1-4,16-17H,5-6,13H2;1-5H,(H,8,9). The third-order valence-electron chi connectivity index (χ3n) is 3.96. The summed E-state index contributed by atoms with van der Waals surface area (Å²) in [7, 11) is 0. The minimum absolute atomic E-state index is 0.331. The van der Waals surface area contributed by atoms with Crippen LogP contribution in [0.1, 0.15) is 15.9 Å². The van der Waals surface area contributed by atoms with Crippen LogP contribution >= 0.6 is 15.9 Å². The van der Waals surface area contributed by atoms with Crippen LogP contribution < -0.4 is 16.4 Å². The van der Waals surface area contributed by atoms with Gasteiger partial charge in [-0.25, -0.2) is 4.79 Å². The summed E-state index contributed by atoms with van der Waals surface area (Å²) in [6.07, 6.45) is 3.36. The maximum absolute atomic E-state index is 10.2. The Kier molecular flexibility index (Phi) is 5.58. The van der Waals surface area contributed by atoms with E-state index in [1.807, 2.05) is 12.1 Å². The number of hydrogen-bond donors (Lipinski definition) is 4. The molecule has 1 fully saturated rings. The molecule has 1 aliphatic heterocycles. The van der Waals surface area contributed by atoms with E-state index in [1.165, 1.54) is 0 Å². The van der Waals surface area contributed by atoms with Crippen molar-refractivity contribution in [3.05, 3.63) is 70.5 Å². The van der Waals surface area contributed by atoms with Gasteiger partial charge in [0.1, 0.15) is 11.3 Å². The normalized spacial score (nSPS) is 15.3. The van der Waals surface area contributed by atoms with Crippen molar-refractivity contribution in [2.24, 2.45) is 5.73 Å². The lowest BCUT2D eigenvalue weighted by molar-refractivity contribution is 0.0697. The summed E-state index contributed by atoms with van der Waals surface area (Å²) in [6, 6.07) is 12.2. The van der Waals surface area contributed by atoms with Gasteiger partial charge in [-0.3, -0.25) is 26.3 Å². The van der Waals surface area contributed by atoms with Crippen molar-refractivity contribution >= 4 is 32.9 Å². The highest BCUT2D eigenvalue weighted by atomic mass is 79.9. The third kappa shape index (κ3) is 3.88. The van der Waals surface area contributed by atoms with Gasteiger partial charge in [0.05, 0.1) is 15.6 Å². The molecule has 0 radical (unpaired) electrons. The second kappa shape index (κ2) is 7.88. The van der Waals surface area contributed by atoms with Gasteiger partial charge in [-0.1, -0.05) is 24.3 Å². The quantitative estimate of drug-likeness (QED) is 0.506. The summed E-state index contributed by atoms with van der Waals surface area (Å²) in [6.45, 7) is 1.70. The summed E-state index contributed by atoms with van der Waals surface area (Å²) < 4.78 is 0.882. The number of halogens is 1. The molecule has 8 heteroatoms. The summed E-state index contributed by atoms with van der Waals surface area (Å²) in [5.74, 6) is -1.57. The molecule has 0 amide bonds. The molecule has 134 valence electrons. The average molecular weight is 416 g/mol. The summed E-state index contributed by atoms with van der Waals surface area (Å²) >= 11 is 3.56. The largest absolute Gasteiger partial charge is 0.478 e. The summed E-state index contributed by atoms with van der Waals surface area (Å²) in [5.41, 5.74) is 9.23. The van der Waals surface area contributed by atoms with Gasteiger partial charge in [0.15, 0.2) is 0 Å². The predicted octanol–water partition coefficient (Wildman–Crippen LogP) is 2.04. The number of aromatic nitrogens is 2. The van der Waals surface area contributed by atoms with Gasteiger partial charge >= 0.3 is 5.97 Å². The van der Waals surface area contributed by atoms with Crippen LogP contribution in [0, 0.1) is 0 Å². The van der Waals surface area contributed by atoms with Crippen LogP contribution in [0.2, 0.25) is 0 Å². The van der Waals surface area contributed by atoms with Crippen molar-refractivity contribution in [3.63, 3.8) is 0 Å². The number of nitrogens with one attached hydrogen (secondary N) is 2. The topological polar surface area (TPSA) is 113 Å². The molecule has 1 aromatic heterocycles. The molecule has 26 heavy (non-hydrogen) atoms. The Bertz CT molecular complexity index is 914. The van der Waals surface area contributed by atoms with Crippen LogP contribution in [0.25, 0.3) is 11.0 Å². The number of carbonyl (C=O) groups is 1. The van der Waals surface area contributed by atoms with Crippen molar-refractivity contribution in [1.29, 1.82) is 0 Å². The molecule has 0 saturated carbocycles. The smallest absolute Gasteiger partial charge is 0.335 e. The Hall–Kier alpha value is -2.39. The molecule has 4 rings (SSSR count). The fourth-order valence-corrected chi connectivity index (χ4v) is 3.41. The molecule has 5 N–H and O–H groups in total. The van der Waals surface area contributed by atoms with Crippen LogP contribution in [0.5, 0.6) is 0 Å². The van der Waals surface area contributed by atoms with Crippen molar-refractivity contribution < 1.29 is 9.90 Å². The summed E-state index contributed by atoms with van der Waals surface area (Å²) in [4.78, 5) is 18.8. The van der Waals surface area contributed by atoms with E-state index in [4.69, 9.17) is 10.8 Å². The fourth-order valence-electron chi connectivity index (χ4n) is 2.66. The maximum atomic E-state index is 10.2. The molecule has 2 heterocycles. The van der Waals surface area contributed by atoms with Crippen LogP contribution in [-0.4, -0.2) is 34.1 Å². The SMILES string of the molecule is NC1(c2ccc3nccnc3c2Br)NCCN1.O=C(O)c1ccccc1. The highest BCUT2D eigenvalue weighted by Crippen LogP contribution is 2.30. The molecule has 0 atom stereocenters. The number of nitrogens with zero attached hydrogens (tertiary/aromatic N) is 2. The molecule has 1 saturated heterocycles. The van der Waals surface area contributed by atoms with Crippen LogP contribution in [0.3, 0.4) is 0 Å². The van der Waals surface area contributed by atoms with E-state index in [2.05, 4.69) is 36.5 Å². The molecule has 0 aliphatic carbocycles. The molecular weight excluding hydrogens is 398 g/mol. The lowest BCUT2D eigenvalue weighted by atomic mass is 10.1. The Morgan fingerprint density at radius 2 is 1.73 bits per heavy atom. The first-order chi connectivity index (χ1) is 12.5. The number of nitrogens with two attached hydrogens (primary N) is 1. The molecule has 0 unspecified atom stereocenters. The van der Waals surface area contributed by atoms with Gasteiger partial charge < -0.3 is 5.11 Å². The average Bonchev–Trinajstić information content (AvgIpc) is 3.11. The Balaban J connectivity index is 0.000000185. The van der Waals surface area contributed by atoms with Gasteiger partial charge in [-0.05, 0) is 34.1 Å². The Morgan fingerprint density at radius 1 is 1.08 bits per heavy atom. The Morgan fingerprint density at radius 3 is 2.35 bits per heavy atom. The Labute approximate surface area is 158 Å². The second-order valence-corrected chi connectivity index (χ2v) is 6.48. The zero-order valence-electron chi connectivity index (χ0n) is 13.8. The van der Waals surface area contributed by atoms with Crippen LogP contribution in [0.4, 0.5) is 0 Å². The highest BCUT2D eigenvalue weighted by molar-refractivity contribution is 9.10. The number of carboxylic acids is 1. The number of hydrogen-bond acceptors (Lipinski definition) is 6. The molecule has 0 spiro atoms. The van der Waals surface area contributed by atoms with Crippen LogP contribution in [-0.2, 0) is 5.79 Å². The second-order valence-electron chi connectivity index (χ2n) is 5.68. The molecule has 7 nitrogen and oxygen atoms in total. The molecule has 3 aromatic rings. The van der Waals surface area contributed by atoms with E-state index in [9.17, 15) is 4.79 Å². The number of carboxylic acid groups (broad SMARTS) is 1. The van der Waals surface area contributed by atoms with E-state index in [-0.39, 0.29) is 0 Å². The van der Waals surface area contributed by atoms with Gasteiger partial charge in [-0.15, -0.1) is 0 Å². The lowest BCUT2D eigenvalue weighted by Crippen LogP contribution is -2.54. The van der Waals surface area contributed by atoms with E-state index >= 15 is 0 Å². The molecule has 0 bridgehead atoms. The lowest BCUT2D eigenvalue weighted by Gasteiger charge is -2.26. The van der Waals surface area contributed by atoms with Gasteiger partial charge in [0.25, 0.3) is 0 Å². The third-order valence-corrected chi connectivity index (χ3v) is 4.76. The van der Waals surface area contributed by atoms with Crippen molar-refractivity contribution in [1.82, 2.24) is 20.6 Å². The van der Waals surface area contributed by atoms with Gasteiger partial charge in [-0.2, -0.15) is 0 Å². The summed E-state index contributed by atoms with van der Waals surface area (Å²) in [5, 5.41) is 14.9. The molecule has 1 aliphatic rings. The minimum Gasteiger partial charge on any atom is -0.478 e. The van der Waals surface area contributed by atoms with E-state index in [0.29, 0.717) is 5.56 Å². The zero-order valence-corrected chi connectivity index (χ0v) is 15.4. The number of aromatic carboxylic acids is 1. The van der Waals surface area contributed by atoms with E-state index in [0.717, 1.165) is 34.2 Å².